The van der Waals surface area contributed by atoms with E-state index in [1.54, 1.807) is 0 Å². The van der Waals surface area contributed by atoms with E-state index < -0.39 is 0 Å². The first-order valence-electron chi connectivity index (χ1n) is 10.7. The molecule has 0 saturated heterocycles. The van der Waals surface area contributed by atoms with Crippen LogP contribution in [0.1, 0.15) is 54.9 Å². The molecule has 3 aromatic carbocycles. The van der Waals surface area contributed by atoms with E-state index in [1.165, 1.54) is 24.8 Å². The van der Waals surface area contributed by atoms with E-state index in [0.717, 1.165) is 59.1 Å². The summed E-state index contributed by atoms with van der Waals surface area (Å²) in [5, 5.41) is 8.98. The Hall–Kier alpha value is -2.92. The summed E-state index contributed by atoms with van der Waals surface area (Å²) in [7, 11) is 0. The Kier molecular flexibility index (Phi) is 5.76. The average molecular weight is 384 g/mol. The summed E-state index contributed by atoms with van der Waals surface area (Å²) in [4.78, 5) is 0. The Morgan fingerprint density at radius 1 is 0.862 bits per heavy atom. The third-order valence-corrected chi connectivity index (χ3v) is 6.01. The van der Waals surface area contributed by atoms with Gasteiger partial charge in [-0.1, -0.05) is 68.7 Å². The lowest BCUT2D eigenvalue weighted by Crippen LogP contribution is -2.08. The number of aryl methyl sites for hydroxylation is 2. The molecule has 0 spiro atoms. The van der Waals surface area contributed by atoms with Crippen LogP contribution in [0.3, 0.4) is 0 Å². The highest BCUT2D eigenvalue weighted by atomic mass is 19.1. The van der Waals surface area contributed by atoms with Crippen molar-refractivity contribution < 1.29 is 4.39 Å². The summed E-state index contributed by atoms with van der Waals surface area (Å²) in [5.41, 5.74) is 8.15. The summed E-state index contributed by atoms with van der Waals surface area (Å²) < 4.78 is 15.1. The van der Waals surface area contributed by atoms with Crippen molar-refractivity contribution in [3.05, 3.63) is 82.7 Å². The Morgan fingerprint density at radius 2 is 1.62 bits per heavy atom. The van der Waals surface area contributed by atoms with Gasteiger partial charge < -0.3 is 0 Å². The largest absolute Gasteiger partial charge is 0.206 e. The second-order valence-electron chi connectivity index (χ2n) is 7.94. The van der Waals surface area contributed by atoms with Crippen LogP contribution < -0.4 is 0 Å². The molecular weight excluding hydrogens is 357 g/mol. The van der Waals surface area contributed by atoms with Gasteiger partial charge >= 0.3 is 0 Å². The summed E-state index contributed by atoms with van der Waals surface area (Å²) >= 11 is 0. The predicted molar refractivity (Wildman–Crippen MR) is 117 cm³/mol. The number of hydrogen-bond acceptors (Lipinski definition) is 1. The highest BCUT2D eigenvalue weighted by Crippen LogP contribution is 2.38. The van der Waals surface area contributed by atoms with Crippen molar-refractivity contribution in [2.45, 2.75) is 51.9 Å². The Bertz CT molecular complexity index is 1060. The van der Waals surface area contributed by atoms with Crippen molar-refractivity contribution in [2.75, 3.05) is 0 Å². The van der Waals surface area contributed by atoms with E-state index in [9.17, 15) is 0 Å². The molecule has 146 valence electrons. The van der Waals surface area contributed by atoms with Gasteiger partial charge in [-0.25, -0.2) is 4.39 Å². The van der Waals surface area contributed by atoms with Crippen LogP contribution in [0.4, 0.5) is 4.39 Å². The molecule has 0 bridgehead atoms. The first-order chi connectivity index (χ1) is 14.2. The molecule has 0 aliphatic heterocycles. The average Bonchev–Trinajstić information content (AvgIpc) is 2.77. The zero-order chi connectivity index (χ0) is 20.2. The monoisotopic (exact) mass is 383 g/mol. The van der Waals surface area contributed by atoms with Crippen LogP contribution in [0.5, 0.6) is 0 Å². The normalized spacial score (nSPS) is 12.2. The molecule has 0 atom stereocenters. The summed E-state index contributed by atoms with van der Waals surface area (Å²) in [5.74, 6) is 0.0146. The highest BCUT2D eigenvalue weighted by Gasteiger charge is 2.21. The molecule has 0 saturated carbocycles. The molecule has 0 amide bonds. The topological polar surface area (TPSA) is 23.8 Å². The maximum Gasteiger partial charge on any atom is 0.130 e. The molecule has 0 N–H and O–H groups in total. The van der Waals surface area contributed by atoms with E-state index in [0.29, 0.717) is 5.56 Å². The minimum Gasteiger partial charge on any atom is -0.206 e. The quantitative estimate of drug-likeness (QED) is 0.411. The minimum absolute atomic E-state index is 0.0146. The van der Waals surface area contributed by atoms with Gasteiger partial charge in [-0.15, -0.1) is 0 Å². The van der Waals surface area contributed by atoms with Crippen molar-refractivity contribution in [1.82, 2.24) is 0 Å². The lowest BCUT2D eigenvalue weighted by Gasteiger charge is -2.22. The second kappa shape index (κ2) is 8.62. The van der Waals surface area contributed by atoms with Crippen LogP contribution in [0, 0.1) is 17.1 Å². The van der Waals surface area contributed by atoms with Crippen LogP contribution >= 0.6 is 0 Å². The lowest BCUT2D eigenvalue weighted by molar-refractivity contribution is 0.578. The molecule has 1 nitrogen and oxygen atoms in total. The zero-order valence-corrected chi connectivity index (χ0v) is 17.0. The van der Waals surface area contributed by atoms with Gasteiger partial charge in [0.1, 0.15) is 5.82 Å². The number of nitrogens with zero attached hydrogens (tertiary/aromatic N) is 1. The summed E-state index contributed by atoms with van der Waals surface area (Å²) in [6, 6.07) is 20.4. The van der Waals surface area contributed by atoms with Gasteiger partial charge in [0.15, 0.2) is 0 Å². The van der Waals surface area contributed by atoms with Crippen LogP contribution in [0.15, 0.2) is 54.6 Å². The third-order valence-electron chi connectivity index (χ3n) is 6.01. The number of hydrogen-bond donors (Lipinski definition) is 0. The van der Waals surface area contributed by atoms with Crippen LogP contribution in [-0.2, 0) is 19.3 Å². The molecule has 0 radical (unpaired) electrons. The van der Waals surface area contributed by atoms with Gasteiger partial charge in [-0.2, -0.15) is 5.26 Å². The highest BCUT2D eigenvalue weighted by molar-refractivity contribution is 5.77. The molecule has 0 fully saturated rings. The predicted octanol–water partition coefficient (Wildman–Crippen LogP) is 7.25. The number of fused-ring (bicyclic) bond motifs is 3. The molecular formula is C27H26FN. The van der Waals surface area contributed by atoms with Crippen molar-refractivity contribution in [3.63, 3.8) is 0 Å². The van der Waals surface area contributed by atoms with Crippen molar-refractivity contribution >= 4 is 0 Å². The van der Waals surface area contributed by atoms with Crippen molar-refractivity contribution in [3.8, 4) is 28.3 Å². The minimum atomic E-state index is 0.0146. The van der Waals surface area contributed by atoms with Gasteiger partial charge in [0, 0.05) is 0 Å². The molecule has 29 heavy (non-hydrogen) atoms. The van der Waals surface area contributed by atoms with Gasteiger partial charge in [-0.05, 0) is 76.8 Å². The summed E-state index contributed by atoms with van der Waals surface area (Å²) in [6.07, 6.45) is 7.12. The SMILES string of the molecule is CCCCCCc1ccc2c(c1F)CCc1cc(-c3ccc(C#N)cc3)ccc1-2. The molecule has 1 aliphatic carbocycles. The lowest BCUT2D eigenvalue weighted by atomic mass is 9.82. The Morgan fingerprint density at radius 3 is 2.38 bits per heavy atom. The number of unbranched alkanes of at least 4 members (excludes halogenated alkanes) is 3. The third kappa shape index (κ3) is 3.96. The van der Waals surface area contributed by atoms with Gasteiger partial charge in [0.05, 0.1) is 11.6 Å². The van der Waals surface area contributed by atoms with Crippen molar-refractivity contribution in [1.29, 1.82) is 5.26 Å². The number of benzene rings is 3. The standard InChI is InChI=1S/C27H26FN/c1-2-3-4-5-6-21-11-15-25-24-14-12-22(20-9-7-19(18-29)8-10-20)17-23(24)13-16-26(25)27(21)28/h7-12,14-15,17H,2-6,13,16H2,1H3. The molecule has 0 unspecified atom stereocenters. The molecule has 2 heteroatoms. The fraction of sp³-hybridized carbons (Fsp3) is 0.296. The molecule has 4 rings (SSSR count). The van der Waals surface area contributed by atoms with E-state index in [4.69, 9.17) is 5.26 Å². The fourth-order valence-corrected chi connectivity index (χ4v) is 4.34. The number of nitriles is 1. The van der Waals surface area contributed by atoms with Gasteiger partial charge in [0.25, 0.3) is 0 Å². The molecule has 0 heterocycles. The van der Waals surface area contributed by atoms with Crippen LogP contribution in [-0.4, -0.2) is 0 Å². The molecule has 1 aliphatic rings. The zero-order valence-electron chi connectivity index (χ0n) is 17.0. The van der Waals surface area contributed by atoms with Crippen LogP contribution in [0.25, 0.3) is 22.3 Å². The number of halogens is 1. The van der Waals surface area contributed by atoms with Crippen LogP contribution in [0.2, 0.25) is 0 Å². The van der Waals surface area contributed by atoms with E-state index in [-0.39, 0.29) is 5.82 Å². The molecule has 0 aromatic heterocycles. The first-order valence-corrected chi connectivity index (χ1v) is 10.7. The van der Waals surface area contributed by atoms with E-state index in [1.807, 2.05) is 30.3 Å². The Labute approximate surface area is 172 Å². The van der Waals surface area contributed by atoms with Gasteiger partial charge in [-0.3, -0.25) is 0 Å². The maximum absolute atomic E-state index is 15.1. The Balaban J connectivity index is 1.61. The smallest absolute Gasteiger partial charge is 0.130 e. The maximum atomic E-state index is 15.1. The summed E-state index contributed by atoms with van der Waals surface area (Å²) in [6.45, 7) is 2.20. The molecule has 3 aromatic rings. The number of rotatable bonds is 6. The van der Waals surface area contributed by atoms with Gasteiger partial charge in [0.2, 0.25) is 0 Å². The van der Waals surface area contributed by atoms with E-state index in [2.05, 4.69) is 37.3 Å². The van der Waals surface area contributed by atoms with Crippen molar-refractivity contribution in [2.24, 2.45) is 0 Å². The second-order valence-corrected chi connectivity index (χ2v) is 7.94. The fourth-order valence-electron chi connectivity index (χ4n) is 4.34. The van der Waals surface area contributed by atoms with E-state index >= 15 is 4.39 Å². The first kappa shape index (κ1) is 19.4.